The summed E-state index contributed by atoms with van der Waals surface area (Å²) in [7, 11) is 1.87. The first-order valence-electron chi connectivity index (χ1n) is 7.74. The molecule has 1 saturated heterocycles. The molecule has 2 aliphatic rings. The molecule has 1 heterocycles. The van der Waals surface area contributed by atoms with Crippen LogP contribution in [0, 0.1) is 0 Å². The molecule has 0 bridgehead atoms. The van der Waals surface area contributed by atoms with E-state index in [0.717, 1.165) is 26.2 Å². The highest BCUT2D eigenvalue weighted by atomic mass is 16.5. The minimum atomic E-state index is 0.0538. The first-order valence-corrected chi connectivity index (χ1v) is 7.74. The highest BCUT2D eigenvalue weighted by molar-refractivity contribution is 5.25. The second-order valence-electron chi connectivity index (χ2n) is 6.58. The summed E-state index contributed by atoms with van der Waals surface area (Å²) in [6.07, 6.45) is 3.75. The molecule has 1 aromatic carbocycles. The number of ether oxygens (including phenoxy) is 1. The van der Waals surface area contributed by atoms with Crippen LogP contribution in [0.3, 0.4) is 0 Å². The largest absolute Gasteiger partial charge is 0.377 e. The fourth-order valence-electron chi connectivity index (χ4n) is 3.61. The van der Waals surface area contributed by atoms with Crippen molar-refractivity contribution in [2.75, 3.05) is 33.3 Å². The highest BCUT2D eigenvalue weighted by Crippen LogP contribution is 2.36. The number of nitrogens with zero attached hydrogens (tertiary/aromatic N) is 1. The number of methoxy groups -OCH3 is 1. The first-order chi connectivity index (χ1) is 9.66. The Balaban J connectivity index is 1.70. The number of benzene rings is 1. The van der Waals surface area contributed by atoms with Crippen molar-refractivity contribution in [3.63, 3.8) is 0 Å². The third-order valence-electron chi connectivity index (χ3n) is 5.10. The van der Waals surface area contributed by atoms with Crippen LogP contribution in [0.2, 0.25) is 0 Å². The fourth-order valence-corrected chi connectivity index (χ4v) is 3.61. The number of hydrogen-bond acceptors (Lipinski definition) is 3. The third kappa shape index (κ3) is 2.62. The maximum atomic E-state index is 5.79. The minimum Gasteiger partial charge on any atom is -0.377 e. The van der Waals surface area contributed by atoms with Crippen LogP contribution in [0.15, 0.2) is 30.3 Å². The molecule has 110 valence electrons. The fraction of sp³-hybridized carbons (Fsp3) is 0.647. The van der Waals surface area contributed by atoms with Crippen molar-refractivity contribution in [3.05, 3.63) is 35.9 Å². The van der Waals surface area contributed by atoms with E-state index in [0.29, 0.717) is 0 Å². The van der Waals surface area contributed by atoms with Crippen LogP contribution in [-0.2, 0) is 10.3 Å². The van der Waals surface area contributed by atoms with Crippen molar-refractivity contribution in [3.8, 4) is 0 Å². The summed E-state index contributed by atoms with van der Waals surface area (Å²) in [5, 5.41) is 3.70. The first kappa shape index (κ1) is 14.1. The molecule has 2 fully saturated rings. The second kappa shape index (κ2) is 5.47. The molecule has 3 rings (SSSR count). The van der Waals surface area contributed by atoms with Crippen molar-refractivity contribution in [2.45, 2.75) is 37.3 Å². The molecule has 1 aliphatic carbocycles. The molecule has 1 unspecified atom stereocenters. The summed E-state index contributed by atoms with van der Waals surface area (Å²) in [6.45, 7) is 6.61. The van der Waals surface area contributed by atoms with Gasteiger partial charge in [0.05, 0.1) is 11.1 Å². The normalized spacial score (nSPS) is 29.9. The summed E-state index contributed by atoms with van der Waals surface area (Å²) in [6, 6.07) is 10.8. The van der Waals surface area contributed by atoms with Gasteiger partial charge in [-0.3, -0.25) is 4.90 Å². The zero-order valence-electron chi connectivity index (χ0n) is 12.7. The van der Waals surface area contributed by atoms with E-state index in [-0.39, 0.29) is 11.1 Å². The van der Waals surface area contributed by atoms with E-state index in [1.165, 1.54) is 24.8 Å². The SMILES string of the molecule is COC1(CN2CCNC(C)(c3ccccc3)C2)CCC1. The lowest BCUT2D eigenvalue weighted by Gasteiger charge is -2.48. The molecule has 1 saturated carbocycles. The van der Waals surface area contributed by atoms with Crippen LogP contribution in [0.4, 0.5) is 0 Å². The van der Waals surface area contributed by atoms with E-state index in [9.17, 15) is 0 Å². The van der Waals surface area contributed by atoms with Crippen LogP contribution in [0.25, 0.3) is 0 Å². The van der Waals surface area contributed by atoms with Gasteiger partial charge in [0.1, 0.15) is 0 Å². The monoisotopic (exact) mass is 274 g/mol. The van der Waals surface area contributed by atoms with Gasteiger partial charge in [-0.2, -0.15) is 0 Å². The van der Waals surface area contributed by atoms with Gasteiger partial charge in [-0.25, -0.2) is 0 Å². The summed E-state index contributed by atoms with van der Waals surface area (Å²) < 4.78 is 5.79. The molecule has 1 N–H and O–H groups in total. The molecule has 1 atom stereocenters. The summed E-state index contributed by atoms with van der Waals surface area (Å²) in [5.41, 5.74) is 1.57. The van der Waals surface area contributed by atoms with Crippen LogP contribution in [0.5, 0.6) is 0 Å². The van der Waals surface area contributed by atoms with E-state index in [2.05, 4.69) is 47.5 Å². The van der Waals surface area contributed by atoms with Crippen molar-refractivity contribution >= 4 is 0 Å². The van der Waals surface area contributed by atoms with E-state index >= 15 is 0 Å². The van der Waals surface area contributed by atoms with E-state index in [1.54, 1.807) is 0 Å². The molecule has 3 heteroatoms. The number of rotatable bonds is 4. The van der Waals surface area contributed by atoms with Gasteiger partial charge in [0.2, 0.25) is 0 Å². The molecule has 1 aliphatic heterocycles. The minimum absolute atomic E-state index is 0.0538. The van der Waals surface area contributed by atoms with Gasteiger partial charge in [-0.1, -0.05) is 30.3 Å². The smallest absolute Gasteiger partial charge is 0.0805 e. The van der Waals surface area contributed by atoms with Gasteiger partial charge in [0, 0.05) is 33.3 Å². The lowest BCUT2D eigenvalue weighted by Crippen LogP contribution is -2.60. The number of hydrogen-bond donors (Lipinski definition) is 1. The molecule has 0 amide bonds. The van der Waals surface area contributed by atoms with Gasteiger partial charge >= 0.3 is 0 Å². The lowest BCUT2D eigenvalue weighted by atomic mass is 9.79. The van der Waals surface area contributed by atoms with Gasteiger partial charge in [0.25, 0.3) is 0 Å². The summed E-state index contributed by atoms with van der Waals surface area (Å²) >= 11 is 0. The Hall–Kier alpha value is -0.900. The molecular weight excluding hydrogens is 248 g/mol. The average molecular weight is 274 g/mol. The molecule has 20 heavy (non-hydrogen) atoms. The Morgan fingerprint density at radius 2 is 2.00 bits per heavy atom. The van der Waals surface area contributed by atoms with Gasteiger partial charge in [0.15, 0.2) is 0 Å². The molecule has 0 spiro atoms. The van der Waals surface area contributed by atoms with E-state index < -0.39 is 0 Å². The maximum absolute atomic E-state index is 5.79. The zero-order chi connectivity index (χ0) is 14.1. The van der Waals surface area contributed by atoms with Crippen LogP contribution in [-0.4, -0.2) is 43.8 Å². The third-order valence-corrected chi connectivity index (χ3v) is 5.10. The van der Waals surface area contributed by atoms with Crippen molar-refractivity contribution in [1.82, 2.24) is 10.2 Å². The Kier molecular flexibility index (Phi) is 3.85. The number of nitrogens with one attached hydrogen (secondary N) is 1. The van der Waals surface area contributed by atoms with E-state index in [1.807, 2.05) is 7.11 Å². The molecular formula is C17H26N2O. The van der Waals surface area contributed by atoms with Crippen molar-refractivity contribution in [1.29, 1.82) is 0 Å². The highest BCUT2D eigenvalue weighted by Gasteiger charge is 2.41. The van der Waals surface area contributed by atoms with Crippen LogP contribution < -0.4 is 5.32 Å². The van der Waals surface area contributed by atoms with Gasteiger partial charge in [-0.05, 0) is 31.7 Å². The summed E-state index contributed by atoms with van der Waals surface area (Å²) in [5.74, 6) is 0. The zero-order valence-corrected chi connectivity index (χ0v) is 12.7. The van der Waals surface area contributed by atoms with Gasteiger partial charge in [-0.15, -0.1) is 0 Å². The van der Waals surface area contributed by atoms with E-state index in [4.69, 9.17) is 4.74 Å². The Labute approximate surface area is 122 Å². The topological polar surface area (TPSA) is 24.5 Å². The average Bonchev–Trinajstić information content (AvgIpc) is 2.44. The molecule has 3 nitrogen and oxygen atoms in total. The predicted molar refractivity (Wildman–Crippen MR) is 81.8 cm³/mol. The van der Waals surface area contributed by atoms with Crippen molar-refractivity contribution < 1.29 is 4.74 Å². The van der Waals surface area contributed by atoms with Crippen LogP contribution in [0.1, 0.15) is 31.7 Å². The van der Waals surface area contributed by atoms with Gasteiger partial charge < -0.3 is 10.1 Å². The van der Waals surface area contributed by atoms with Crippen molar-refractivity contribution in [2.24, 2.45) is 0 Å². The summed E-state index contributed by atoms with van der Waals surface area (Å²) in [4.78, 5) is 2.58. The molecule has 0 radical (unpaired) electrons. The maximum Gasteiger partial charge on any atom is 0.0805 e. The number of piperazine rings is 1. The Morgan fingerprint density at radius 3 is 2.60 bits per heavy atom. The molecule has 1 aromatic rings. The standard InChI is InChI=1S/C17H26N2O/c1-16(15-7-4-3-5-8-15)13-19(12-11-18-16)14-17(20-2)9-6-10-17/h3-5,7-8,18H,6,9-14H2,1-2H3. The van der Waals surface area contributed by atoms with Crippen LogP contribution >= 0.6 is 0 Å². The molecule has 0 aromatic heterocycles. The second-order valence-corrected chi connectivity index (χ2v) is 6.58. The Bertz CT molecular complexity index is 438. The quantitative estimate of drug-likeness (QED) is 0.912. The Morgan fingerprint density at radius 1 is 1.25 bits per heavy atom. The lowest BCUT2D eigenvalue weighted by molar-refractivity contribution is -0.0971. The predicted octanol–water partition coefficient (Wildman–Crippen LogP) is 2.38.